The number of benzene rings is 1. The van der Waals surface area contributed by atoms with Crippen molar-refractivity contribution in [3.63, 3.8) is 0 Å². The van der Waals surface area contributed by atoms with Gasteiger partial charge in [-0.15, -0.1) is 0 Å². The van der Waals surface area contributed by atoms with Crippen LogP contribution in [0.2, 0.25) is 0 Å². The van der Waals surface area contributed by atoms with Gasteiger partial charge in [-0.1, -0.05) is 0 Å². The average Bonchev–Trinajstić information content (AvgIpc) is 3.15. The Morgan fingerprint density at radius 1 is 1.00 bits per heavy atom. The molecule has 3 N–H and O–H groups in total. The van der Waals surface area contributed by atoms with Crippen molar-refractivity contribution in [2.75, 3.05) is 20.0 Å². The maximum absolute atomic E-state index is 9.45. The molecule has 0 saturated heterocycles. The van der Waals surface area contributed by atoms with Crippen LogP contribution in [0.4, 0.5) is 5.82 Å². The average molecular weight is 345 g/mol. The zero-order chi connectivity index (χ0) is 18.7. The number of nitrogen functional groups attached to an aromatic ring is 1. The molecule has 0 unspecified atom stereocenters. The smallest absolute Gasteiger partial charge is 0.161 e. The van der Waals surface area contributed by atoms with E-state index < -0.39 is 0 Å². The number of ether oxygens (including phenoxy) is 2. The highest BCUT2D eigenvalue weighted by Gasteiger charge is 2.16. The summed E-state index contributed by atoms with van der Waals surface area (Å²) < 4.78 is 10.6. The lowest BCUT2D eigenvalue weighted by Crippen LogP contribution is -2.00. The molecule has 0 amide bonds. The Kier molecular flexibility index (Phi) is 4.46. The highest BCUT2D eigenvalue weighted by Crippen LogP contribution is 2.35. The second-order valence-corrected chi connectivity index (χ2v) is 5.41. The van der Waals surface area contributed by atoms with Crippen molar-refractivity contribution in [2.24, 2.45) is 0 Å². The Bertz CT molecular complexity index is 1060. The summed E-state index contributed by atoms with van der Waals surface area (Å²) in [5, 5.41) is 18.5. The highest BCUT2D eigenvalue weighted by atomic mass is 16.5. The van der Waals surface area contributed by atoms with E-state index in [9.17, 15) is 5.26 Å². The van der Waals surface area contributed by atoms with E-state index in [0.717, 1.165) is 5.56 Å². The van der Waals surface area contributed by atoms with E-state index in [1.807, 2.05) is 12.1 Å². The molecule has 0 atom stereocenters. The molecule has 0 aliphatic carbocycles. The highest BCUT2D eigenvalue weighted by molar-refractivity contribution is 5.80. The van der Waals surface area contributed by atoms with Crippen LogP contribution < -0.4 is 15.2 Å². The summed E-state index contributed by atoms with van der Waals surface area (Å²) in [5.74, 6) is 1.28. The number of anilines is 1. The molecule has 7 nitrogen and oxygen atoms in total. The van der Waals surface area contributed by atoms with E-state index in [4.69, 9.17) is 20.5 Å². The number of nitrogens with two attached hydrogens (primary N) is 1. The Morgan fingerprint density at radius 3 is 2.38 bits per heavy atom. The molecule has 0 radical (unpaired) electrons. The Labute approximate surface area is 150 Å². The number of nitriles is 2. The molecule has 7 heteroatoms. The normalized spacial score (nSPS) is 10.0. The first-order valence-corrected chi connectivity index (χ1v) is 7.63. The number of aromatic nitrogens is 2. The topological polar surface area (TPSA) is 121 Å². The van der Waals surface area contributed by atoms with Crippen LogP contribution in [0, 0.1) is 22.7 Å². The lowest BCUT2D eigenvalue weighted by molar-refractivity contribution is 0.355. The summed E-state index contributed by atoms with van der Waals surface area (Å²) in [4.78, 5) is 7.19. The third kappa shape index (κ3) is 2.90. The van der Waals surface area contributed by atoms with Crippen LogP contribution in [0.5, 0.6) is 11.5 Å². The second-order valence-electron chi connectivity index (χ2n) is 5.41. The molecule has 0 aliphatic rings. The Balaban J connectivity index is 2.18. The van der Waals surface area contributed by atoms with Crippen molar-refractivity contribution in [1.82, 2.24) is 9.97 Å². The van der Waals surface area contributed by atoms with Crippen LogP contribution in [0.3, 0.4) is 0 Å². The molecule has 0 aliphatic heterocycles. The van der Waals surface area contributed by atoms with Gasteiger partial charge in [-0.3, -0.25) is 0 Å². The van der Waals surface area contributed by atoms with E-state index in [2.05, 4.69) is 16.0 Å². The number of hydrogen-bond donors (Lipinski definition) is 2. The summed E-state index contributed by atoms with van der Waals surface area (Å²) in [7, 11) is 3.11. The molecule has 2 heterocycles. The van der Waals surface area contributed by atoms with Crippen molar-refractivity contribution in [1.29, 1.82) is 10.5 Å². The largest absolute Gasteiger partial charge is 0.493 e. The van der Waals surface area contributed by atoms with Gasteiger partial charge in [0.25, 0.3) is 0 Å². The number of H-pyrrole nitrogens is 1. The van der Waals surface area contributed by atoms with Crippen molar-refractivity contribution in [3.05, 3.63) is 47.8 Å². The van der Waals surface area contributed by atoms with Crippen LogP contribution in [0.1, 0.15) is 11.3 Å². The lowest BCUT2D eigenvalue weighted by Gasteiger charge is -2.12. The van der Waals surface area contributed by atoms with Crippen LogP contribution in [-0.2, 0) is 0 Å². The fourth-order valence-corrected chi connectivity index (χ4v) is 2.67. The number of hydrogen-bond acceptors (Lipinski definition) is 6. The molecule has 3 aromatic rings. The third-order valence-corrected chi connectivity index (χ3v) is 3.95. The number of nitrogens with one attached hydrogen (secondary N) is 1. The minimum absolute atomic E-state index is 0.120. The zero-order valence-electron chi connectivity index (χ0n) is 14.2. The molecule has 2 aromatic heterocycles. The first-order chi connectivity index (χ1) is 12.6. The molecule has 0 bridgehead atoms. The van der Waals surface area contributed by atoms with Gasteiger partial charge in [0, 0.05) is 22.9 Å². The van der Waals surface area contributed by atoms with Crippen LogP contribution >= 0.6 is 0 Å². The molecule has 128 valence electrons. The molecule has 0 fully saturated rings. The van der Waals surface area contributed by atoms with Crippen LogP contribution in [0.15, 0.2) is 36.5 Å². The van der Waals surface area contributed by atoms with Crippen molar-refractivity contribution < 1.29 is 9.47 Å². The number of rotatable bonds is 4. The van der Waals surface area contributed by atoms with Gasteiger partial charge in [0.15, 0.2) is 11.5 Å². The Morgan fingerprint density at radius 2 is 1.77 bits per heavy atom. The second kappa shape index (κ2) is 6.88. The van der Waals surface area contributed by atoms with Gasteiger partial charge >= 0.3 is 0 Å². The van der Waals surface area contributed by atoms with Gasteiger partial charge in [0.05, 0.1) is 19.9 Å². The van der Waals surface area contributed by atoms with Crippen molar-refractivity contribution in [2.45, 2.75) is 0 Å². The van der Waals surface area contributed by atoms with Crippen molar-refractivity contribution in [3.8, 4) is 46.0 Å². The molecular weight excluding hydrogens is 330 g/mol. The number of aromatic amines is 1. The maximum Gasteiger partial charge on any atom is 0.161 e. The fourth-order valence-electron chi connectivity index (χ4n) is 2.67. The van der Waals surface area contributed by atoms with Gasteiger partial charge in [-0.05, 0) is 30.3 Å². The minimum Gasteiger partial charge on any atom is -0.493 e. The monoisotopic (exact) mass is 345 g/mol. The van der Waals surface area contributed by atoms with E-state index in [0.29, 0.717) is 34.0 Å². The summed E-state index contributed by atoms with van der Waals surface area (Å²) >= 11 is 0. The number of methoxy groups -OCH3 is 2. The summed E-state index contributed by atoms with van der Waals surface area (Å²) in [6.45, 7) is 0. The van der Waals surface area contributed by atoms with E-state index >= 15 is 0 Å². The molecule has 0 saturated carbocycles. The standard InChI is InChI=1S/C19H15N5O2/c1-25-17-4-3-11(6-18(17)26-2)16-7-14(15(9-21)19(22)24-16)12-5-13(8-20)23-10-12/h3-7,10,23H,1-2H3,(H2,22,24). The molecule has 0 spiro atoms. The van der Waals surface area contributed by atoms with Gasteiger partial charge < -0.3 is 20.2 Å². The predicted molar refractivity (Wildman–Crippen MR) is 96.4 cm³/mol. The van der Waals surface area contributed by atoms with Crippen LogP contribution in [0.25, 0.3) is 22.4 Å². The molecule has 1 aromatic carbocycles. The zero-order valence-corrected chi connectivity index (χ0v) is 14.2. The maximum atomic E-state index is 9.45. The summed E-state index contributed by atoms with van der Waals surface area (Å²) in [5.41, 5.74) is 9.30. The summed E-state index contributed by atoms with van der Waals surface area (Å²) in [6, 6.07) is 12.9. The van der Waals surface area contributed by atoms with Crippen molar-refractivity contribution >= 4 is 5.82 Å². The van der Waals surface area contributed by atoms with Gasteiger partial charge in [-0.25, -0.2) is 4.98 Å². The third-order valence-electron chi connectivity index (χ3n) is 3.95. The molecular formula is C19H15N5O2. The van der Waals surface area contributed by atoms with Gasteiger partial charge in [-0.2, -0.15) is 10.5 Å². The van der Waals surface area contributed by atoms with E-state index in [-0.39, 0.29) is 11.4 Å². The number of pyridine rings is 1. The quantitative estimate of drug-likeness (QED) is 0.749. The minimum atomic E-state index is 0.120. The van der Waals surface area contributed by atoms with Gasteiger partial charge in [0.1, 0.15) is 29.2 Å². The first kappa shape index (κ1) is 16.9. The first-order valence-electron chi connectivity index (χ1n) is 7.63. The molecule has 26 heavy (non-hydrogen) atoms. The SMILES string of the molecule is COc1ccc(-c2cc(-c3c[nH]c(C#N)c3)c(C#N)c(N)n2)cc1OC. The van der Waals surface area contributed by atoms with E-state index in [1.165, 1.54) is 0 Å². The fraction of sp³-hybridized carbons (Fsp3) is 0.105. The predicted octanol–water partition coefficient (Wildman–Crippen LogP) is 3.09. The summed E-state index contributed by atoms with van der Waals surface area (Å²) in [6.07, 6.45) is 1.66. The Hall–Kier alpha value is -3.97. The van der Waals surface area contributed by atoms with Gasteiger partial charge in [0.2, 0.25) is 0 Å². The molecule has 3 rings (SSSR count). The number of nitrogens with zero attached hydrogens (tertiary/aromatic N) is 3. The van der Waals surface area contributed by atoms with Crippen LogP contribution in [-0.4, -0.2) is 24.2 Å². The lowest BCUT2D eigenvalue weighted by atomic mass is 10.00. The van der Waals surface area contributed by atoms with E-state index in [1.54, 1.807) is 44.7 Å².